The van der Waals surface area contributed by atoms with Gasteiger partial charge in [-0.3, -0.25) is 0 Å². The zero-order valence-electron chi connectivity index (χ0n) is 9.74. The molecule has 0 unspecified atom stereocenters. The molecule has 86 valence electrons. The lowest BCUT2D eigenvalue weighted by atomic mass is 10.1. The van der Waals surface area contributed by atoms with Crippen molar-refractivity contribution in [1.82, 2.24) is 20.3 Å². The fourth-order valence-electron chi connectivity index (χ4n) is 1.27. The molecule has 0 bridgehead atoms. The van der Waals surface area contributed by atoms with Crippen molar-refractivity contribution in [2.75, 3.05) is 0 Å². The van der Waals surface area contributed by atoms with Crippen LogP contribution in [0.3, 0.4) is 0 Å². The molecule has 2 aromatic heterocycles. The molecule has 0 radical (unpaired) electrons. The van der Waals surface area contributed by atoms with Gasteiger partial charge in [-0.05, 0) is 20.8 Å². The third-order valence-corrected chi connectivity index (χ3v) is 2.88. The highest BCUT2D eigenvalue weighted by molar-refractivity contribution is 7.13. The molecule has 0 atom stereocenters. The van der Waals surface area contributed by atoms with Crippen LogP contribution in [0.4, 0.5) is 0 Å². The lowest BCUT2D eigenvalue weighted by molar-refractivity contribution is 0.418. The van der Waals surface area contributed by atoms with Crippen molar-refractivity contribution >= 4 is 11.3 Å². The summed E-state index contributed by atoms with van der Waals surface area (Å²) >= 11 is 1.61. The van der Waals surface area contributed by atoms with Gasteiger partial charge in [-0.2, -0.15) is 0 Å². The van der Waals surface area contributed by atoms with Gasteiger partial charge in [-0.1, -0.05) is 0 Å². The summed E-state index contributed by atoms with van der Waals surface area (Å²) in [6.07, 6.45) is 3.63. The van der Waals surface area contributed by atoms with Crippen LogP contribution in [0.5, 0.6) is 0 Å². The first kappa shape index (κ1) is 11.3. The zero-order valence-corrected chi connectivity index (χ0v) is 10.6. The minimum absolute atomic E-state index is 0.105. The number of nitrogens with one attached hydrogen (secondary N) is 2. The van der Waals surface area contributed by atoms with Gasteiger partial charge in [0.25, 0.3) is 0 Å². The molecule has 2 aromatic rings. The van der Waals surface area contributed by atoms with E-state index in [-0.39, 0.29) is 5.54 Å². The number of aromatic amines is 1. The zero-order chi connectivity index (χ0) is 11.6. The van der Waals surface area contributed by atoms with Gasteiger partial charge in [0.2, 0.25) is 0 Å². The first-order valence-electron chi connectivity index (χ1n) is 5.23. The van der Waals surface area contributed by atoms with Gasteiger partial charge in [-0.25, -0.2) is 9.97 Å². The monoisotopic (exact) mass is 236 g/mol. The van der Waals surface area contributed by atoms with Gasteiger partial charge < -0.3 is 10.3 Å². The van der Waals surface area contributed by atoms with Crippen molar-refractivity contribution in [3.8, 4) is 10.7 Å². The third kappa shape index (κ3) is 2.90. The average Bonchev–Trinajstić information content (AvgIpc) is 2.84. The van der Waals surface area contributed by atoms with Crippen molar-refractivity contribution in [3.63, 3.8) is 0 Å². The summed E-state index contributed by atoms with van der Waals surface area (Å²) in [5, 5.41) is 6.33. The highest BCUT2D eigenvalue weighted by Gasteiger charge is 2.10. The average molecular weight is 236 g/mol. The maximum Gasteiger partial charge on any atom is 0.141 e. The minimum atomic E-state index is 0.105. The van der Waals surface area contributed by atoms with Crippen LogP contribution in [0.2, 0.25) is 0 Å². The van der Waals surface area contributed by atoms with Gasteiger partial charge >= 0.3 is 0 Å². The Morgan fingerprint density at radius 1 is 1.38 bits per heavy atom. The highest BCUT2D eigenvalue weighted by atomic mass is 32.1. The summed E-state index contributed by atoms with van der Waals surface area (Å²) in [4.78, 5) is 11.8. The molecular weight excluding hydrogens is 220 g/mol. The van der Waals surface area contributed by atoms with E-state index >= 15 is 0 Å². The van der Waals surface area contributed by atoms with E-state index < -0.39 is 0 Å². The summed E-state index contributed by atoms with van der Waals surface area (Å²) in [6.45, 7) is 7.15. The summed E-state index contributed by atoms with van der Waals surface area (Å²) in [5.41, 5.74) is 1.09. The maximum absolute atomic E-state index is 4.32. The molecule has 0 aromatic carbocycles. The first-order valence-corrected chi connectivity index (χ1v) is 6.11. The number of H-pyrrole nitrogens is 1. The van der Waals surface area contributed by atoms with Crippen LogP contribution in [-0.2, 0) is 6.54 Å². The van der Waals surface area contributed by atoms with Crippen LogP contribution in [0.1, 0.15) is 26.6 Å². The Hall–Kier alpha value is -1.20. The second-order valence-electron chi connectivity index (χ2n) is 4.68. The van der Waals surface area contributed by atoms with Crippen LogP contribution in [0, 0.1) is 0 Å². The normalized spacial score (nSPS) is 11.9. The fraction of sp³-hybridized carbons (Fsp3) is 0.455. The Bertz CT molecular complexity index is 439. The molecule has 2 heterocycles. The maximum atomic E-state index is 4.32. The van der Waals surface area contributed by atoms with E-state index in [2.05, 4.69) is 41.0 Å². The van der Waals surface area contributed by atoms with Crippen molar-refractivity contribution < 1.29 is 0 Å². The highest BCUT2D eigenvalue weighted by Crippen LogP contribution is 2.19. The van der Waals surface area contributed by atoms with Crippen LogP contribution >= 0.6 is 11.3 Å². The van der Waals surface area contributed by atoms with Crippen molar-refractivity contribution in [1.29, 1.82) is 0 Å². The van der Waals surface area contributed by atoms with Crippen molar-refractivity contribution in [2.45, 2.75) is 32.9 Å². The number of aromatic nitrogens is 3. The topological polar surface area (TPSA) is 53.6 Å². The third-order valence-electron chi connectivity index (χ3n) is 2.08. The van der Waals surface area contributed by atoms with Gasteiger partial charge in [0.05, 0.1) is 18.4 Å². The molecule has 5 heteroatoms. The lowest BCUT2D eigenvalue weighted by Crippen LogP contribution is -2.35. The van der Waals surface area contributed by atoms with Gasteiger partial charge in [0, 0.05) is 17.1 Å². The number of hydrogen-bond acceptors (Lipinski definition) is 4. The fourth-order valence-corrected chi connectivity index (χ4v) is 1.87. The van der Waals surface area contributed by atoms with E-state index in [9.17, 15) is 0 Å². The summed E-state index contributed by atoms with van der Waals surface area (Å²) < 4.78 is 0. The van der Waals surface area contributed by atoms with Crippen molar-refractivity contribution in [3.05, 3.63) is 23.6 Å². The Morgan fingerprint density at radius 3 is 2.81 bits per heavy atom. The lowest BCUT2D eigenvalue weighted by Gasteiger charge is -2.19. The number of thiazole rings is 1. The van der Waals surface area contributed by atoms with Crippen LogP contribution < -0.4 is 5.32 Å². The number of nitrogens with zero attached hydrogens (tertiary/aromatic N) is 2. The van der Waals surface area contributed by atoms with E-state index in [0.29, 0.717) is 0 Å². The number of rotatable bonds is 3. The minimum Gasteiger partial charge on any atom is -0.339 e. The SMILES string of the molecule is CC(C)(C)NCc1ncc(-c2nccs2)[nH]1. The van der Waals surface area contributed by atoms with Crippen LogP contribution in [-0.4, -0.2) is 20.5 Å². The van der Waals surface area contributed by atoms with Gasteiger partial charge in [0.1, 0.15) is 10.8 Å². The Morgan fingerprint density at radius 2 is 2.19 bits per heavy atom. The first-order chi connectivity index (χ1) is 7.54. The molecule has 4 nitrogen and oxygen atoms in total. The smallest absolute Gasteiger partial charge is 0.141 e. The molecular formula is C11H16N4S. The predicted molar refractivity (Wildman–Crippen MR) is 66.3 cm³/mol. The summed E-state index contributed by atoms with van der Waals surface area (Å²) in [6, 6.07) is 0. The molecule has 0 aliphatic rings. The Labute approximate surface area is 99.2 Å². The number of hydrogen-bond donors (Lipinski definition) is 2. The molecule has 2 rings (SSSR count). The van der Waals surface area contributed by atoms with Crippen molar-refractivity contribution in [2.24, 2.45) is 0 Å². The van der Waals surface area contributed by atoms with Crippen LogP contribution in [0.15, 0.2) is 17.8 Å². The van der Waals surface area contributed by atoms with E-state index in [0.717, 1.165) is 23.1 Å². The molecule has 16 heavy (non-hydrogen) atoms. The van der Waals surface area contributed by atoms with E-state index in [1.165, 1.54) is 0 Å². The largest absolute Gasteiger partial charge is 0.339 e. The van der Waals surface area contributed by atoms with E-state index in [4.69, 9.17) is 0 Å². The van der Waals surface area contributed by atoms with Crippen LogP contribution in [0.25, 0.3) is 10.7 Å². The Balaban J connectivity index is 2.03. The quantitative estimate of drug-likeness (QED) is 0.860. The second kappa shape index (κ2) is 4.35. The van der Waals surface area contributed by atoms with E-state index in [1.807, 2.05) is 11.6 Å². The van der Waals surface area contributed by atoms with E-state index in [1.54, 1.807) is 17.5 Å². The predicted octanol–water partition coefficient (Wildman–Crippen LogP) is 2.42. The molecule has 0 saturated carbocycles. The Kier molecular flexibility index (Phi) is 3.07. The number of imidazole rings is 1. The standard InChI is InChI=1S/C11H16N4S/c1-11(2,3)14-7-9-13-6-8(15-9)10-12-4-5-16-10/h4-6,14H,7H2,1-3H3,(H,13,15). The molecule has 2 N–H and O–H groups in total. The van der Waals surface area contributed by atoms with Gasteiger partial charge in [-0.15, -0.1) is 11.3 Å². The van der Waals surface area contributed by atoms with Gasteiger partial charge in [0.15, 0.2) is 0 Å². The molecule has 0 aliphatic heterocycles. The molecule has 0 aliphatic carbocycles. The molecule has 0 saturated heterocycles. The summed E-state index contributed by atoms with van der Waals surface area (Å²) in [7, 11) is 0. The molecule has 0 fully saturated rings. The summed E-state index contributed by atoms with van der Waals surface area (Å²) in [5.74, 6) is 0.945. The molecule has 0 amide bonds. The second-order valence-corrected chi connectivity index (χ2v) is 5.58. The molecule has 0 spiro atoms.